The molecule has 78 valence electrons. The van der Waals surface area contributed by atoms with E-state index in [1.807, 2.05) is 0 Å². The summed E-state index contributed by atoms with van der Waals surface area (Å²) in [6, 6.07) is 0. The molecule has 1 fully saturated rings. The summed E-state index contributed by atoms with van der Waals surface area (Å²) in [6.07, 6.45) is 9.70. The van der Waals surface area contributed by atoms with Gasteiger partial charge in [0.05, 0.1) is 6.54 Å². The van der Waals surface area contributed by atoms with Gasteiger partial charge in [0.2, 0.25) is 5.91 Å². The Bertz CT molecular complexity index is 241. The van der Waals surface area contributed by atoms with Gasteiger partial charge < -0.3 is 4.90 Å². The van der Waals surface area contributed by atoms with Crippen LogP contribution in [0.2, 0.25) is 0 Å². The zero-order chi connectivity index (χ0) is 10.6. The van der Waals surface area contributed by atoms with E-state index < -0.39 is 0 Å². The van der Waals surface area contributed by atoms with Gasteiger partial charge in [-0.25, -0.2) is 0 Å². The van der Waals surface area contributed by atoms with E-state index in [0.29, 0.717) is 12.5 Å². The Morgan fingerprint density at radius 3 is 2.86 bits per heavy atom. The van der Waals surface area contributed by atoms with E-state index in [9.17, 15) is 4.79 Å². The first-order chi connectivity index (χ1) is 6.65. The van der Waals surface area contributed by atoms with Crippen LogP contribution in [0.4, 0.5) is 0 Å². The molecule has 0 aromatic carbocycles. The van der Waals surface area contributed by atoms with Crippen molar-refractivity contribution in [2.24, 2.45) is 11.8 Å². The lowest BCUT2D eigenvalue weighted by Gasteiger charge is -2.28. The first kappa shape index (κ1) is 11.1. The van der Waals surface area contributed by atoms with Crippen LogP contribution >= 0.6 is 0 Å². The highest BCUT2D eigenvalue weighted by molar-refractivity contribution is 5.78. The molecule has 1 amide bonds. The fourth-order valence-corrected chi connectivity index (χ4v) is 2.18. The van der Waals surface area contributed by atoms with E-state index in [2.05, 4.69) is 12.8 Å². The van der Waals surface area contributed by atoms with Crippen molar-refractivity contribution in [2.45, 2.75) is 32.6 Å². The predicted octanol–water partition coefficient (Wildman–Crippen LogP) is 1.90. The van der Waals surface area contributed by atoms with Gasteiger partial charge in [-0.1, -0.05) is 25.7 Å². The maximum absolute atomic E-state index is 11.9. The molecule has 1 rings (SSSR count). The topological polar surface area (TPSA) is 20.3 Å². The number of hydrogen-bond donors (Lipinski definition) is 0. The monoisotopic (exact) mass is 193 g/mol. The van der Waals surface area contributed by atoms with Gasteiger partial charge in [-0.3, -0.25) is 4.79 Å². The maximum Gasteiger partial charge on any atom is 0.226 e. The van der Waals surface area contributed by atoms with Gasteiger partial charge in [-0.05, 0) is 18.8 Å². The molecule has 1 aliphatic rings. The van der Waals surface area contributed by atoms with Crippen molar-refractivity contribution in [2.75, 3.05) is 13.6 Å². The van der Waals surface area contributed by atoms with Crippen LogP contribution in [0.1, 0.15) is 32.6 Å². The van der Waals surface area contributed by atoms with E-state index >= 15 is 0 Å². The highest BCUT2D eigenvalue weighted by Gasteiger charge is 2.26. The van der Waals surface area contributed by atoms with Crippen LogP contribution in [0, 0.1) is 24.2 Å². The van der Waals surface area contributed by atoms with Gasteiger partial charge in [0.1, 0.15) is 0 Å². The van der Waals surface area contributed by atoms with Crippen LogP contribution in [0.15, 0.2) is 0 Å². The van der Waals surface area contributed by atoms with Gasteiger partial charge in [0.15, 0.2) is 0 Å². The number of nitrogens with zero attached hydrogens (tertiary/aromatic N) is 1. The first-order valence-corrected chi connectivity index (χ1v) is 5.33. The quantitative estimate of drug-likeness (QED) is 0.613. The zero-order valence-electron chi connectivity index (χ0n) is 9.12. The molecule has 2 unspecified atom stereocenters. The predicted molar refractivity (Wildman–Crippen MR) is 57.6 cm³/mol. The minimum Gasteiger partial charge on any atom is -0.334 e. The molecule has 2 nitrogen and oxygen atoms in total. The Balaban J connectivity index is 2.47. The molecule has 2 atom stereocenters. The van der Waals surface area contributed by atoms with Gasteiger partial charge in [-0.2, -0.15) is 0 Å². The van der Waals surface area contributed by atoms with Gasteiger partial charge in [0.25, 0.3) is 0 Å². The van der Waals surface area contributed by atoms with Crippen LogP contribution in [0.25, 0.3) is 0 Å². The normalized spacial score (nSPS) is 26.6. The molecule has 0 radical (unpaired) electrons. The Hall–Kier alpha value is -0.970. The van der Waals surface area contributed by atoms with E-state index in [1.54, 1.807) is 11.9 Å². The third-order valence-electron chi connectivity index (χ3n) is 2.99. The first-order valence-electron chi connectivity index (χ1n) is 5.33. The summed E-state index contributed by atoms with van der Waals surface area (Å²) in [5, 5.41) is 0. The van der Waals surface area contributed by atoms with Crippen LogP contribution in [-0.2, 0) is 4.79 Å². The lowest BCUT2D eigenvalue weighted by atomic mass is 9.82. The van der Waals surface area contributed by atoms with E-state index in [4.69, 9.17) is 6.42 Å². The second kappa shape index (κ2) is 5.05. The van der Waals surface area contributed by atoms with Gasteiger partial charge >= 0.3 is 0 Å². The summed E-state index contributed by atoms with van der Waals surface area (Å²) in [6.45, 7) is 2.66. The summed E-state index contributed by atoms with van der Waals surface area (Å²) in [5.41, 5.74) is 0. The van der Waals surface area contributed by atoms with Crippen molar-refractivity contribution in [1.82, 2.24) is 4.90 Å². The number of rotatable bonds is 2. The van der Waals surface area contributed by atoms with Crippen LogP contribution in [0.3, 0.4) is 0 Å². The van der Waals surface area contributed by atoms with Crippen molar-refractivity contribution in [3.05, 3.63) is 0 Å². The SMILES string of the molecule is C#CCN(C)C(=O)C1CCCC(C)C1. The lowest BCUT2D eigenvalue weighted by Crippen LogP contribution is -2.35. The average Bonchev–Trinajstić information content (AvgIpc) is 2.17. The smallest absolute Gasteiger partial charge is 0.226 e. The standard InChI is InChI=1S/C12H19NO/c1-4-8-13(3)12(14)11-7-5-6-10(2)9-11/h1,10-11H,5-9H2,2-3H3. The highest BCUT2D eigenvalue weighted by Crippen LogP contribution is 2.29. The van der Waals surface area contributed by atoms with E-state index in [0.717, 1.165) is 12.8 Å². The Morgan fingerprint density at radius 1 is 1.57 bits per heavy atom. The zero-order valence-corrected chi connectivity index (χ0v) is 9.12. The Labute approximate surface area is 86.7 Å². The summed E-state index contributed by atoms with van der Waals surface area (Å²) in [4.78, 5) is 13.5. The summed E-state index contributed by atoms with van der Waals surface area (Å²) >= 11 is 0. The molecule has 0 saturated heterocycles. The number of carbonyl (C=O) groups is 1. The molecule has 1 saturated carbocycles. The summed E-state index contributed by atoms with van der Waals surface area (Å²) in [5.74, 6) is 3.65. The highest BCUT2D eigenvalue weighted by atomic mass is 16.2. The fraction of sp³-hybridized carbons (Fsp3) is 0.750. The summed E-state index contributed by atoms with van der Waals surface area (Å²) in [7, 11) is 1.79. The van der Waals surface area contributed by atoms with Crippen molar-refractivity contribution in [3.63, 3.8) is 0 Å². The van der Waals surface area contributed by atoms with Crippen molar-refractivity contribution >= 4 is 5.91 Å². The largest absolute Gasteiger partial charge is 0.334 e. The maximum atomic E-state index is 11.9. The van der Waals surface area contributed by atoms with Crippen LogP contribution < -0.4 is 0 Å². The molecule has 1 aliphatic carbocycles. The molecular formula is C12H19NO. The van der Waals surface area contributed by atoms with Gasteiger partial charge in [-0.15, -0.1) is 6.42 Å². The number of amides is 1. The van der Waals surface area contributed by atoms with Crippen LogP contribution in [-0.4, -0.2) is 24.4 Å². The molecular weight excluding hydrogens is 174 g/mol. The summed E-state index contributed by atoms with van der Waals surface area (Å²) < 4.78 is 0. The molecule has 14 heavy (non-hydrogen) atoms. The minimum atomic E-state index is 0.220. The van der Waals surface area contributed by atoms with Crippen molar-refractivity contribution in [3.8, 4) is 12.3 Å². The molecule has 2 heteroatoms. The molecule has 0 aliphatic heterocycles. The Morgan fingerprint density at radius 2 is 2.29 bits per heavy atom. The molecule has 0 heterocycles. The number of terminal acetylenes is 1. The van der Waals surface area contributed by atoms with Gasteiger partial charge in [0, 0.05) is 13.0 Å². The van der Waals surface area contributed by atoms with E-state index in [1.165, 1.54) is 12.8 Å². The minimum absolute atomic E-state index is 0.220. The second-order valence-corrected chi connectivity index (χ2v) is 4.37. The van der Waals surface area contributed by atoms with Crippen LogP contribution in [0.5, 0.6) is 0 Å². The average molecular weight is 193 g/mol. The molecule has 0 bridgehead atoms. The van der Waals surface area contributed by atoms with Crippen molar-refractivity contribution in [1.29, 1.82) is 0 Å². The Kier molecular flexibility index (Phi) is 4.00. The van der Waals surface area contributed by atoms with Crippen molar-refractivity contribution < 1.29 is 4.79 Å². The molecule has 0 aromatic rings. The third kappa shape index (κ3) is 2.77. The van der Waals surface area contributed by atoms with E-state index in [-0.39, 0.29) is 11.8 Å². The lowest BCUT2D eigenvalue weighted by molar-refractivity contribution is -0.135. The second-order valence-electron chi connectivity index (χ2n) is 4.37. The number of hydrogen-bond acceptors (Lipinski definition) is 1. The number of carbonyl (C=O) groups excluding carboxylic acids is 1. The third-order valence-corrected chi connectivity index (χ3v) is 2.99. The molecule has 0 aromatic heterocycles. The molecule has 0 spiro atoms. The molecule has 0 N–H and O–H groups in total. The fourth-order valence-electron chi connectivity index (χ4n) is 2.18.